The number of para-hydroxylation sites is 1. The third-order valence-corrected chi connectivity index (χ3v) is 4.59. The minimum absolute atomic E-state index is 0.298. The van der Waals surface area contributed by atoms with Gasteiger partial charge in [0.05, 0.1) is 18.7 Å². The van der Waals surface area contributed by atoms with Crippen molar-refractivity contribution < 1.29 is 14.3 Å². The Bertz CT molecular complexity index is 878. The molecule has 0 bridgehead atoms. The fourth-order valence-electron chi connectivity index (χ4n) is 2.86. The molecule has 3 N–H and O–H groups in total. The first-order valence-corrected chi connectivity index (χ1v) is 8.77. The lowest BCUT2D eigenvalue weighted by Crippen LogP contribution is -2.46. The number of hydrogen-bond donors (Lipinski definition) is 3. The van der Waals surface area contributed by atoms with Crippen molar-refractivity contribution in [2.45, 2.75) is 13.0 Å². The van der Waals surface area contributed by atoms with Gasteiger partial charge in [-0.25, -0.2) is 4.79 Å². The maximum absolute atomic E-state index is 12.9. The second-order valence-electron chi connectivity index (χ2n) is 5.77. The number of anilines is 1. The van der Waals surface area contributed by atoms with E-state index in [0.717, 1.165) is 4.47 Å². The van der Waals surface area contributed by atoms with Crippen LogP contribution in [0.5, 0.6) is 5.75 Å². The number of rotatable bonds is 4. The van der Waals surface area contributed by atoms with Crippen LogP contribution >= 0.6 is 15.9 Å². The molecule has 3 rings (SSSR count). The number of halogens is 1. The lowest BCUT2D eigenvalue weighted by molar-refractivity contribution is -0.113. The van der Waals surface area contributed by atoms with Gasteiger partial charge >= 0.3 is 6.03 Å². The highest BCUT2D eigenvalue weighted by Gasteiger charge is 2.32. The number of carbonyl (C=O) groups is 2. The maximum atomic E-state index is 12.9. The van der Waals surface area contributed by atoms with Gasteiger partial charge in [0.25, 0.3) is 5.91 Å². The van der Waals surface area contributed by atoms with Crippen LogP contribution in [0.3, 0.4) is 0 Å². The van der Waals surface area contributed by atoms with Gasteiger partial charge in [0, 0.05) is 21.4 Å². The Labute approximate surface area is 159 Å². The number of nitrogens with one attached hydrogen (secondary N) is 3. The molecule has 26 heavy (non-hydrogen) atoms. The fourth-order valence-corrected chi connectivity index (χ4v) is 3.13. The lowest BCUT2D eigenvalue weighted by Gasteiger charge is -2.29. The van der Waals surface area contributed by atoms with Crippen LogP contribution in [0.1, 0.15) is 18.5 Å². The normalized spacial score (nSPS) is 16.6. The second kappa shape index (κ2) is 7.61. The van der Waals surface area contributed by atoms with Crippen molar-refractivity contribution in [2.75, 3.05) is 12.4 Å². The van der Waals surface area contributed by atoms with Crippen LogP contribution < -0.4 is 20.7 Å². The first kappa shape index (κ1) is 18.0. The molecule has 1 aliphatic heterocycles. The van der Waals surface area contributed by atoms with Gasteiger partial charge in [-0.05, 0) is 37.3 Å². The van der Waals surface area contributed by atoms with E-state index in [-0.39, 0.29) is 11.9 Å². The van der Waals surface area contributed by atoms with E-state index in [9.17, 15) is 9.59 Å². The van der Waals surface area contributed by atoms with E-state index in [0.29, 0.717) is 28.3 Å². The average molecular weight is 416 g/mol. The Hall–Kier alpha value is -2.80. The summed E-state index contributed by atoms with van der Waals surface area (Å²) in [5.74, 6) is 0.301. The van der Waals surface area contributed by atoms with Gasteiger partial charge in [-0.2, -0.15) is 0 Å². The fraction of sp³-hybridized carbons (Fsp3) is 0.158. The molecule has 0 saturated carbocycles. The predicted molar refractivity (Wildman–Crippen MR) is 103 cm³/mol. The molecule has 3 amide bonds. The number of amides is 3. The molecule has 6 nitrogen and oxygen atoms in total. The van der Waals surface area contributed by atoms with Gasteiger partial charge in [0.1, 0.15) is 5.75 Å². The van der Waals surface area contributed by atoms with Gasteiger partial charge in [0.15, 0.2) is 0 Å². The minimum Gasteiger partial charge on any atom is -0.496 e. The standard InChI is InChI=1S/C19H18BrN3O3/c1-11-16(18(24)22-13-9-7-12(20)8-10-13)17(23-19(25)21-11)14-5-3-4-6-15(14)26-2/h3-10,17H,1-2H3,(H,22,24)(H2,21,23,25)/t17-/m0/s1. The van der Waals surface area contributed by atoms with E-state index in [1.807, 2.05) is 30.3 Å². The molecule has 0 saturated heterocycles. The summed E-state index contributed by atoms with van der Waals surface area (Å²) >= 11 is 3.37. The van der Waals surface area contributed by atoms with Gasteiger partial charge in [-0.3, -0.25) is 4.79 Å². The maximum Gasteiger partial charge on any atom is 0.319 e. The van der Waals surface area contributed by atoms with E-state index in [1.54, 1.807) is 32.2 Å². The van der Waals surface area contributed by atoms with Crippen LogP contribution in [0.15, 0.2) is 64.3 Å². The lowest BCUT2D eigenvalue weighted by atomic mass is 9.94. The highest BCUT2D eigenvalue weighted by Crippen LogP contribution is 2.33. The van der Waals surface area contributed by atoms with E-state index < -0.39 is 6.04 Å². The average Bonchev–Trinajstić information content (AvgIpc) is 2.62. The molecule has 1 atom stereocenters. The van der Waals surface area contributed by atoms with Crippen LogP contribution in [-0.4, -0.2) is 19.0 Å². The van der Waals surface area contributed by atoms with Crippen molar-refractivity contribution in [3.05, 3.63) is 69.8 Å². The number of hydrogen-bond acceptors (Lipinski definition) is 3. The summed E-state index contributed by atoms with van der Waals surface area (Å²) in [5.41, 5.74) is 2.30. The van der Waals surface area contributed by atoms with Crippen LogP contribution in [0.25, 0.3) is 0 Å². The molecule has 1 heterocycles. The summed E-state index contributed by atoms with van der Waals surface area (Å²) in [6.07, 6.45) is 0. The molecule has 1 aliphatic rings. The van der Waals surface area contributed by atoms with Crippen LogP contribution in [0.2, 0.25) is 0 Å². The van der Waals surface area contributed by atoms with E-state index in [4.69, 9.17) is 4.74 Å². The quantitative estimate of drug-likeness (QED) is 0.711. The molecule has 0 fully saturated rings. The summed E-state index contributed by atoms with van der Waals surface area (Å²) in [7, 11) is 1.56. The van der Waals surface area contributed by atoms with Crippen molar-refractivity contribution >= 4 is 33.6 Å². The Morgan fingerprint density at radius 3 is 2.54 bits per heavy atom. The summed E-state index contributed by atoms with van der Waals surface area (Å²) in [4.78, 5) is 24.9. The number of benzene rings is 2. The zero-order valence-electron chi connectivity index (χ0n) is 14.3. The molecule has 2 aromatic carbocycles. The van der Waals surface area contributed by atoms with Crippen molar-refractivity contribution in [3.8, 4) is 5.75 Å². The number of carbonyl (C=O) groups excluding carboxylic acids is 2. The Morgan fingerprint density at radius 2 is 1.85 bits per heavy atom. The zero-order valence-corrected chi connectivity index (χ0v) is 15.9. The highest BCUT2D eigenvalue weighted by atomic mass is 79.9. The Kier molecular flexibility index (Phi) is 5.27. The summed E-state index contributed by atoms with van der Waals surface area (Å²) < 4.78 is 6.32. The van der Waals surface area contributed by atoms with Gasteiger partial charge < -0.3 is 20.7 Å². The minimum atomic E-state index is -0.615. The molecule has 0 radical (unpaired) electrons. The predicted octanol–water partition coefficient (Wildman–Crippen LogP) is 3.72. The third kappa shape index (κ3) is 3.72. The van der Waals surface area contributed by atoms with Crippen molar-refractivity contribution in [1.29, 1.82) is 0 Å². The summed E-state index contributed by atoms with van der Waals surface area (Å²) in [6.45, 7) is 1.71. The van der Waals surface area contributed by atoms with E-state index >= 15 is 0 Å². The number of ether oxygens (including phenoxy) is 1. The molecule has 7 heteroatoms. The van der Waals surface area contributed by atoms with Crippen LogP contribution in [0.4, 0.5) is 10.5 Å². The molecule has 0 aromatic heterocycles. The Balaban J connectivity index is 1.97. The van der Waals surface area contributed by atoms with E-state index in [1.165, 1.54) is 0 Å². The largest absolute Gasteiger partial charge is 0.496 e. The van der Waals surface area contributed by atoms with Gasteiger partial charge in [-0.1, -0.05) is 34.1 Å². The SMILES string of the molecule is COc1ccccc1[C@@H]1NC(=O)NC(C)=C1C(=O)Nc1ccc(Br)cc1. The molecule has 0 spiro atoms. The number of methoxy groups -OCH3 is 1. The van der Waals surface area contributed by atoms with Gasteiger partial charge in [-0.15, -0.1) is 0 Å². The van der Waals surface area contributed by atoms with Crippen molar-refractivity contribution in [2.24, 2.45) is 0 Å². The Morgan fingerprint density at radius 1 is 1.15 bits per heavy atom. The van der Waals surface area contributed by atoms with Gasteiger partial charge in [0.2, 0.25) is 0 Å². The summed E-state index contributed by atoms with van der Waals surface area (Å²) in [5, 5.41) is 8.34. The first-order valence-electron chi connectivity index (χ1n) is 7.97. The molecular weight excluding hydrogens is 398 g/mol. The monoisotopic (exact) mass is 415 g/mol. The summed E-state index contributed by atoms with van der Waals surface area (Å²) in [6, 6.07) is 13.6. The molecule has 134 valence electrons. The molecule has 0 unspecified atom stereocenters. The van der Waals surface area contributed by atoms with E-state index in [2.05, 4.69) is 31.9 Å². The van der Waals surface area contributed by atoms with Crippen LogP contribution in [-0.2, 0) is 4.79 Å². The molecule has 0 aliphatic carbocycles. The van der Waals surface area contributed by atoms with Crippen molar-refractivity contribution in [1.82, 2.24) is 10.6 Å². The zero-order chi connectivity index (χ0) is 18.7. The number of allylic oxidation sites excluding steroid dienone is 1. The smallest absolute Gasteiger partial charge is 0.319 e. The van der Waals surface area contributed by atoms with Crippen LogP contribution in [0, 0.1) is 0 Å². The number of urea groups is 1. The first-order chi connectivity index (χ1) is 12.5. The molecular formula is C19H18BrN3O3. The second-order valence-corrected chi connectivity index (χ2v) is 6.69. The van der Waals surface area contributed by atoms with Crippen molar-refractivity contribution in [3.63, 3.8) is 0 Å². The third-order valence-electron chi connectivity index (χ3n) is 4.07. The molecule has 2 aromatic rings. The topological polar surface area (TPSA) is 79.5 Å². The highest BCUT2D eigenvalue weighted by molar-refractivity contribution is 9.10.